The van der Waals surface area contributed by atoms with E-state index in [0.717, 1.165) is 0 Å². The van der Waals surface area contributed by atoms with E-state index < -0.39 is 30.6 Å². The van der Waals surface area contributed by atoms with Crippen molar-refractivity contribution in [3.8, 4) is 0 Å². The Morgan fingerprint density at radius 3 is 2.54 bits per heavy atom. The number of methoxy groups -OCH3 is 1. The topological polar surface area (TPSA) is 105 Å². The second kappa shape index (κ2) is 4.32. The Labute approximate surface area is 75.9 Å². The van der Waals surface area contributed by atoms with E-state index in [0.29, 0.717) is 0 Å². The number of aliphatic hydroxyl groups excluding tert-OH is 3. The maximum atomic E-state index is 9.51. The predicted molar refractivity (Wildman–Crippen MR) is 42.7 cm³/mol. The molecule has 6 nitrogen and oxygen atoms in total. The Hall–Kier alpha value is -0.240. The van der Waals surface area contributed by atoms with Crippen molar-refractivity contribution in [3.05, 3.63) is 0 Å². The lowest BCUT2D eigenvalue weighted by Crippen LogP contribution is -2.62. The van der Waals surface area contributed by atoms with Crippen LogP contribution >= 0.6 is 0 Å². The molecule has 0 bridgehead atoms. The van der Waals surface area contributed by atoms with Gasteiger partial charge in [-0.2, -0.15) is 0 Å². The van der Waals surface area contributed by atoms with Crippen molar-refractivity contribution in [1.82, 2.24) is 0 Å². The molecule has 0 saturated carbocycles. The van der Waals surface area contributed by atoms with Gasteiger partial charge < -0.3 is 30.5 Å². The summed E-state index contributed by atoms with van der Waals surface area (Å²) >= 11 is 0. The van der Waals surface area contributed by atoms with Crippen LogP contribution in [-0.2, 0) is 9.47 Å². The smallest absolute Gasteiger partial charge is 0.173 e. The lowest BCUT2D eigenvalue weighted by atomic mass is 9.98. The van der Waals surface area contributed by atoms with Gasteiger partial charge in [-0.1, -0.05) is 0 Å². The molecule has 0 spiro atoms. The van der Waals surface area contributed by atoms with Crippen molar-refractivity contribution in [1.29, 1.82) is 0 Å². The van der Waals surface area contributed by atoms with Gasteiger partial charge in [0.1, 0.15) is 18.3 Å². The third kappa shape index (κ3) is 1.98. The highest BCUT2D eigenvalue weighted by molar-refractivity contribution is 4.91. The molecule has 0 radical (unpaired) electrons. The molecule has 6 heteroatoms. The summed E-state index contributed by atoms with van der Waals surface area (Å²) in [6.45, 7) is -0.334. The summed E-state index contributed by atoms with van der Waals surface area (Å²) < 4.78 is 9.82. The van der Waals surface area contributed by atoms with Gasteiger partial charge in [0, 0.05) is 7.11 Å². The summed E-state index contributed by atoms with van der Waals surface area (Å²) in [6, 6.07) is -0.909. The van der Waals surface area contributed by atoms with Crippen LogP contribution in [-0.4, -0.2) is 59.7 Å². The van der Waals surface area contributed by atoms with E-state index in [1.165, 1.54) is 7.11 Å². The van der Waals surface area contributed by atoms with Crippen molar-refractivity contribution >= 4 is 0 Å². The molecule has 5 unspecified atom stereocenters. The first-order chi connectivity index (χ1) is 6.11. The Balaban J connectivity index is 2.69. The van der Waals surface area contributed by atoms with Crippen LogP contribution in [0.1, 0.15) is 0 Å². The Morgan fingerprint density at radius 2 is 2.08 bits per heavy atom. The number of hydrogen-bond acceptors (Lipinski definition) is 6. The maximum absolute atomic E-state index is 9.51. The molecular formula is C7H15NO5. The number of ether oxygens (including phenoxy) is 2. The van der Waals surface area contributed by atoms with Crippen LogP contribution in [0.2, 0.25) is 0 Å². The molecule has 0 aromatic carbocycles. The van der Waals surface area contributed by atoms with E-state index in [1.54, 1.807) is 0 Å². The van der Waals surface area contributed by atoms with Gasteiger partial charge in [-0.25, -0.2) is 0 Å². The molecule has 0 aromatic heterocycles. The number of hydrogen-bond donors (Lipinski definition) is 4. The first-order valence-electron chi connectivity index (χ1n) is 4.02. The molecule has 13 heavy (non-hydrogen) atoms. The lowest BCUT2D eigenvalue weighted by Gasteiger charge is -2.39. The molecule has 1 heterocycles. The second-order valence-electron chi connectivity index (χ2n) is 3.02. The van der Waals surface area contributed by atoms with Crippen LogP contribution in [0.15, 0.2) is 0 Å². The molecule has 5 atom stereocenters. The number of rotatable bonds is 2. The van der Waals surface area contributed by atoms with E-state index in [9.17, 15) is 10.2 Å². The Kier molecular flexibility index (Phi) is 3.60. The summed E-state index contributed by atoms with van der Waals surface area (Å²) in [5.41, 5.74) is 5.42. The van der Waals surface area contributed by atoms with E-state index in [1.807, 2.05) is 0 Å². The maximum Gasteiger partial charge on any atom is 0.173 e. The fourth-order valence-corrected chi connectivity index (χ4v) is 1.39. The minimum atomic E-state index is -1.27. The first kappa shape index (κ1) is 10.8. The standard InChI is InChI=1S/C7H15NO5/c1-12-6-3(2-9)13-7(11)4(8)5(6)10/h3-7,9-11H,2,8H2,1H3. The Bertz CT molecular complexity index is 165. The van der Waals surface area contributed by atoms with Crippen LogP contribution in [0.5, 0.6) is 0 Å². The SMILES string of the molecule is COC1C(CO)OC(O)C(N)C1O. The van der Waals surface area contributed by atoms with Crippen LogP contribution in [0.3, 0.4) is 0 Å². The summed E-state index contributed by atoms with van der Waals surface area (Å²) in [6.07, 6.45) is -3.75. The van der Waals surface area contributed by atoms with Crippen LogP contribution in [0, 0.1) is 0 Å². The molecule has 1 aliphatic heterocycles. The molecule has 0 amide bonds. The zero-order chi connectivity index (χ0) is 10.0. The van der Waals surface area contributed by atoms with E-state index >= 15 is 0 Å². The monoisotopic (exact) mass is 193 g/mol. The van der Waals surface area contributed by atoms with Gasteiger partial charge in [0.05, 0.1) is 12.6 Å². The third-order valence-corrected chi connectivity index (χ3v) is 2.19. The fourth-order valence-electron chi connectivity index (χ4n) is 1.39. The first-order valence-corrected chi connectivity index (χ1v) is 4.02. The van der Waals surface area contributed by atoms with E-state index in [4.69, 9.17) is 20.3 Å². The molecule has 1 aliphatic rings. The molecule has 78 valence electrons. The van der Waals surface area contributed by atoms with Crippen molar-refractivity contribution in [2.75, 3.05) is 13.7 Å². The molecule has 0 aromatic rings. The van der Waals surface area contributed by atoms with Crippen LogP contribution < -0.4 is 5.73 Å². The summed E-state index contributed by atoms with van der Waals surface area (Å²) in [4.78, 5) is 0. The van der Waals surface area contributed by atoms with Gasteiger partial charge in [-0.05, 0) is 0 Å². The average molecular weight is 193 g/mol. The van der Waals surface area contributed by atoms with Crippen LogP contribution in [0.25, 0.3) is 0 Å². The molecule has 5 N–H and O–H groups in total. The van der Waals surface area contributed by atoms with Gasteiger partial charge in [0.2, 0.25) is 0 Å². The van der Waals surface area contributed by atoms with Gasteiger partial charge in [0.15, 0.2) is 6.29 Å². The number of aliphatic hydroxyl groups is 3. The molecular weight excluding hydrogens is 178 g/mol. The predicted octanol–water partition coefficient (Wildman–Crippen LogP) is -2.60. The van der Waals surface area contributed by atoms with Gasteiger partial charge in [-0.3, -0.25) is 0 Å². The zero-order valence-corrected chi connectivity index (χ0v) is 7.33. The summed E-state index contributed by atoms with van der Waals surface area (Å²) in [5.74, 6) is 0. The highest BCUT2D eigenvalue weighted by Gasteiger charge is 2.42. The largest absolute Gasteiger partial charge is 0.394 e. The van der Waals surface area contributed by atoms with Gasteiger partial charge >= 0.3 is 0 Å². The van der Waals surface area contributed by atoms with Crippen molar-refractivity contribution in [3.63, 3.8) is 0 Å². The number of nitrogens with two attached hydrogens (primary N) is 1. The van der Waals surface area contributed by atoms with Gasteiger partial charge in [-0.15, -0.1) is 0 Å². The molecule has 1 saturated heterocycles. The fraction of sp³-hybridized carbons (Fsp3) is 1.00. The molecule has 0 aliphatic carbocycles. The Morgan fingerprint density at radius 1 is 1.46 bits per heavy atom. The second-order valence-corrected chi connectivity index (χ2v) is 3.02. The van der Waals surface area contributed by atoms with Crippen molar-refractivity contribution < 1.29 is 24.8 Å². The third-order valence-electron chi connectivity index (χ3n) is 2.19. The highest BCUT2D eigenvalue weighted by Crippen LogP contribution is 2.20. The minimum Gasteiger partial charge on any atom is -0.394 e. The average Bonchev–Trinajstić information content (AvgIpc) is 2.13. The normalized spacial score (nSPS) is 46.4. The molecule has 1 rings (SSSR count). The van der Waals surface area contributed by atoms with Gasteiger partial charge in [0.25, 0.3) is 0 Å². The summed E-state index contributed by atoms with van der Waals surface area (Å²) in [5, 5.41) is 27.5. The van der Waals surface area contributed by atoms with E-state index in [-0.39, 0.29) is 6.61 Å². The lowest BCUT2D eigenvalue weighted by molar-refractivity contribution is -0.254. The van der Waals surface area contributed by atoms with E-state index in [2.05, 4.69) is 0 Å². The minimum absolute atomic E-state index is 0.334. The molecule has 1 fully saturated rings. The quantitative estimate of drug-likeness (QED) is 0.383. The van der Waals surface area contributed by atoms with Crippen molar-refractivity contribution in [2.45, 2.75) is 30.6 Å². The summed E-state index contributed by atoms with van der Waals surface area (Å²) in [7, 11) is 1.38. The highest BCUT2D eigenvalue weighted by atomic mass is 16.6. The van der Waals surface area contributed by atoms with Crippen LogP contribution in [0.4, 0.5) is 0 Å². The zero-order valence-electron chi connectivity index (χ0n) is 7.33. The van der Waals surface area contributed by atoms with Crippen molar-refractivity contribution in [2.24, 2.45) is 5.73 Å².